The summed E-state index contributed by atoms with van der Waals surface area (Å²) in [6.07, 6.45) is 4.95. The predicted octanol–water partition coefficient (Wildman–Crippen LogP) is 3.78. The van der Waals surface area contributed by atoms with Crippen molar-refractivity contribution >= 4 is 22.9 Å². The monoisotopic (exact) mass is 532 g/mol. The highest BCUT2D eigenvalue weighted by Gasteiger charge is 2.32. The number of fused-ring (bicyclic) bond motifs is 1. The van der Waals surface area contributed by atoms with Crippen molar-refractivity contribution in [3.63, 3.8) is 0 Å². The number of hydrogen-bond donors (Lipinski definition) is 1. The van der Waals surface area contributed by atoms with Crippen molar-refractivity contribution in [2.75, 3.05) is 36.9 Å². The molecule has 2 fully saturated rings. The first kappa shape index (κ1) is 25.3. The average molecular weight is 533 g/mol. The van der Waals surface area contributed by atoms with E-state index < -0.39 is 0 Å². The summed E-state index contributed by atoms with van der Waals surface area (Å²) in [7, 11) is 0. The third kappa shape index (κ3) is 4.50. The fourth-order valence-electron chi connectivity index (χ4n) is 6.28. The first-order valence-corrected chi connectivity index (χ1v) is 13.4. The van der Waals surface area contributed by atoms with Crippen LogP contribution in [0.1, 0.15) is 39.7 Å². The van der Waals surface area contributed by atoms with Crippen molar-refractivity contribution in [2.24, 2.45) is 0 Å². The molecule has 39 heavy (non-hydrogen) atoms. The molecule has 2 atom stereocenters. The van der Waals surface area contributed by atoms with Crippen molar-refractivity contribution in [2.45, 2.75) is 51.7 Å². The molecule has 3 aromatic heterocycles. The van der Waals surface area contributed by atoms with Gasteiger partial charge in [0.15, 0.2) is 5.82 Å². The summed E-state index contributed by atoms with van der Waals surface area (Å²) in [6, 6.07) is 9.24. The average Bonchev–Trinajstić information content (AvgIpc) is 3.54. The Morgan fingerprint density at radius 2 is 1.79 bits per heavy atom. The number of piperazine rings is 1. The van der Waals surface area contributed by atoms with Gasteiger partial charge >= 0.3 is 0 Å². The normalized spacial score (nSPS) is 20.6. The SMILES string of the molecule is CC(=O)N1C(C)CN(c2cc(F)cc(-c3cc(-c4ccnn4C4CCOCC4)c4c(N)ncnn34)c2)CC1C. The maximum atomic E-state index is 15.2. The van der Waals surface area contributed by atoms with Crippen molar-refractivity contribution < 1.29 is 13.9 Å². The molecule has 2 N–H and O–H groups in total. The lowest BCUT2D eigenvalue weighted by Gasteiger charge is -2.45. The molecular weight excluding hydrogens is 499 g/mol. The Hall–Kier alpha value is -3.99. The molecule has 5 heterocycles. The third-order valence-corrected chi connectivity index (χ3v) is 7.89. The second kappa shape index (κ2) is 9.96. The molecule has 204 valence electrons. The zero-order valence-electron chi connectivity index (χ0n) is 22.4. The Balaban J connectivity index is 1.44. The van der Waals surface area contributed by atoms with Crippen molar-refractivity contribution in [3.8, 4) is 22.5 Å². The van der Waals surface area contributed by atoms with Crippen LogP contribution in [0.25, 0.3) is 28.0 Å². The highest BCUT2D eigenvalue weighted by Crippen LogP contribution is 2.38. The zero-order valence-corrected chi connectivity index (χ0v) is 22.4. The van der Waals surface area contributed by atoms with Gasteiger partial charge in [0.1, 0.15) is 17.7 Å². The van der Waals surface area contributed by atoms with Gasteiger partial charge in [0, 0.05) is 68.3 Å². The van der Waals surface area contributed by atoms with E-state index in [2.05, 4.69) is 20.1 Å². The van der Waals surface area contributed by atoms with Gasteiger partial charge in [0.05, 0.1) is 17.4 Å². The standard InChI is InChI=1S/C28H33FN8O2/c1-17-14-34(15-18(2)35(17)19(3)38)23-11-20(10-21(29)12-23)26-13-24(27-28(30)31-16-33-37(26)27)25-4-7-32-36(25)22-5-8-39-9-6-22/h4,7,10-13,16-18,22H,5-6,8-9,14-15H2,1-3H3,(H2,30,31,33). The summed E-state index contributed by atoms with van der Waals surface area (Å²) in [5.74, 6) is 0.0484. The zero-order chi connectivity index (χ0) is 27.3. The molecule has 1 amide bonds. The molecule has 11 heteroatoms. The minimum Gasteiger partial charge on any atom is -0.382 e. The lowest BCUT2D eigenvalue weighted by molar-refractivity contribution is -0.133. The van der Waals surface area contributed by atoms with Gasteiger partial charge in [-0.1, -0.05) is 0 Å². The number of carbonyl (C=O) groups excluding carboxylic acids is 1. The quantitative estimate of drug-likeness (QED) is 0.426. The Morgan fingerprint density at radius 3 is 2.51 bits per heavy atom. The largest absolute Gasteiger partial charge is 0.382 e. The third-order valence-electron chi connectivity index (χ3n) is 7.89. The van der Waals surface area contributed by atoms with Crippen molar-refractivity contribution in [1.29, 1.82) is 0 Å². The van der Waals surface area contributed by atoms with Crippen LogP contribution in [-0.4, -0.2) is 73.6 Å². The van der Waals surface area contributed by atoms with Crippen LogP contribution >= 0.6 is 0 Å². The Labute approximate surface area is 226 Å². The molecule has 2 unspecified atom stereocenters. The van der Waals surface area contributed by atoms with Gasteiger partial charge in [-0.15, -0.1) is 0 Å². The smallest absolute Gasteiger partial charge is 0.220 e. The van der Waals surface area contributed by atoms with E-state index in [9.17, 15) is 4.79 Å². The highest BCUT2D eigenvalue weighted by atomic mass is 19.1. The topological polar surface area (TPSA) is 107 Å². The molecule has 1 aromatic carbocycles. The van der Waals surface area contributed by atoms with Gasteiger partial charge in [0.25, 0.3) is 0 Å². The van der Waals surface area contributed by atoms with Crippen LogP contribution in [0.15, 0.2) is 42.9 Å². The van der Waals surface area contributed by atoms with Crippen LogP contribution in [0.2, 0.25) is 0 Å². The fraction of sp³-hybridized carbons (Fsp3) is 0.429. The molecule has 0 saturated carbocycles. The molecule has 0 bridgehead atoms. The lowest BCUT2D eigenvalue weighted by Crippen LogP contribution is -2.58. The van der Waals surface area contributed by atoms with Gasteiger partial charge in [-0.05, 0) is 57.0 Å². The number of aromatic nitrogens is 5. The van der Waals surface area contributed by atoms with Crippen LogP contribution in [-0.2, 0) is 9.53 Å². The summed E-state index contributed by atoms with van der Waals surface area (Å²) < 4.78 is 24.5. The molecule has 0 radical (unpaired) electrons. The molecule has 4 aromatic rings. The van der Waals surface area contributed by atoms with Gasteiger partial charge in [-0.25, -0.2) is 13.9 Å². The van der Waals surface area contributed by atoms with Crippen molar-refractivity contribution in [1.82, 2.24) is 29.3 Å². The van der Waals surface area contributed by atoms with Crippen molar-refractivity contribution in [3.05, 3.63) is 48.7 Å². The number of nitrogens with two attached hydrogens (primary N) is 1. The minimum absolute atomic E-state index is 0.0108. The number of carbonyl (C=O) groups is 1. The van der Waals surface area contributed by atoms with Gasteiger partial charge in [-0.3, -0.25) is 9.48 Å². The summed E-state index contributed by atoms with van der Waals surface area (Å²) in [6.45, 7) is 8.28. The van der Waals surface area contributed by atoms with E-state index in [0.717, 1.165) is 29.8 Å². The van der Waals surface area contributed by atoms with Gasteiger partial charge < -0.3 is 20.3 Å². The van der Waals surface area contributed by atoms with E-state index in [4.69, 9.17) is 10.5 Å². The van der Waals surface area contributed by atoms with Crippen LogP contribution in [0.5, 0.6) is 0 Å². The molecular formula is C28H33FN8O2. The summed E-state index contributed by atoms with van der Waals surface area (Å²) in [4.78, 5) is 20.4. The fourth-order valence-corrected chi connectivity index (χ4v) is 6.28. The summed E-state index contributed by atoms with van der Waals surface area (Å²) in [5.41, 5.74) is 10.9. The lowest BCUT2D eigenvalue weighted by atomic mass is 10.0. The first-order valence-electron chi connectivity index (χ1n) is 13.4. The molecule has 10 nitrogen and oxygen atoms in total. The maximum Gasteiger partial charge on any atom is 0.220 e. The second-order valence-electron chi connectivity index (χ2n) is 10.6. The first-order chi connectivity index (χ1) is 18.8. The van der Waals surface area contributed by atoms with E-state index in [0.29, 0.717) is 48.9 Å². The molecule has 0 spiro atoms. The van der Waals surface area contributed by atoms with E-state index in [-0.39, 0.29) is 29.8 Å². The number of nitrogen functional groups attached to an aromatic ring is 1. The Bertz CT molecular complexity index is 1510. The number of hydrogen-bond acceptors (Lipinski definition) is 7. The van der Waals surface area contributed by atoms with Crippen LogP contribution < -0.4 is 10.6 Å². The summed E-state index contributed by atoms with van der Waals surface area (Å²) >= 11 is 0. The van der Waals surface area contributed by atoms with Gasteiger partial charge in [0.2, 0.25) is 5.91 Å². The molecule has 0 aliphatic carbocycles. The van der Waals surface area contributed by atoms with E-state index in [1.165, 1.54) is 12.4 Å². The number of benzene rings is 1. The van der Waals surface area contributed by atoms with Crippen LogP contribution in [0.3, 0.4) is 0 Å². The molecule has 6 rings (SSSR count). The maximum absolute atomic E-state index is 15.2. The Kier molecular flexibility index (Phi) is 6.46. The number of rotatable bonds is 4. The van der Waals surface area contributed by atoms with E-state index in [1.54, 1.807) is 23.7 Å². The predicted molar refractivity (Wildman–Crippen MR) is 147 cm³/mol. The molecule has 2 aliphatic rings. The van der Waals surface area contributed by atoms with E-state index >= 15 is 4.39 Å². The summed E-state index contributed by atoms with van der Waals surface area (Å²) in [5, 5.41) is 9.14. The van der Waals surface area contributed by atoms with E-state index in [1.807, 2.05) is 41.6 Å². The minimum atomic E-state index is -0.345. The molecule has 2 saturated heterocycles. The number of nitrogens with zero attached hydrogens (tertiary/aromatic N) is 7. The number of anilines is 2. The van der Waals surface area contributed by atoms with Crippen LogP contribution in [0.4, 0.5) is 15.9 Å². The second-order valence-corrected chi connectivity index (χ2v) is 10.6. The van der Waals surface area contributed by atoms with Crippen LogP contribution in [0, 0.1) is 5.82 Å². The highest BCUT2D eigenvalue weighted by molar-refractivity contribution is 5.91. The number of amides is 1. The number of ether oxygens (including phenoxy) is 1. The van der Waals surface area contributed by atoms with Gasteiger partial charge in [-0.2, -0.15) is 10.2 Å². The molecule has 2 aliphatic heterocycles. The number of halogens is 1. The Morgan fingerprint density at radius 1 is 1.05 bits per heavy atom.